The maximum atomic E-state index is 11.2. The minimum absolute atomic E-state index is 0.0233. The van der Waals surface area contributed by atoms with E-state index >= 15 is 0 Å². The van der Waals surface area contributed by atoms with Crippen LogP contribution >= 0.6 is 0 Å². The highest BCUT2D eigenvalue weighted by atomic mass is 16.6. The first-order valence-electron chi connectivity index (χ1n) is 7.99. The summed E-state index contributed by atoms with van der Waals surface area (Å²) >= 11 is 0. The number of para-hydroxylation sites is 1. The normalized spacial score (nSPS) is 12.5. The highest BCUT2D eigenvalue weighted by Gasteiger charge is 2.19. The molecule has 3 aromatic rings. The second-order valence-corrected chi connectivity index (χ2v) is 6.04. The van der Waals surface area contributed by atoms with Crippen LogP contribution in [0, 0.1) is 10.1 Å². The summed E-state index contributed by atoms with van der Waals surface area (Å²) in [5, 5.41) is 12.2. The molecular weight excluding hydrogens is 320 g/mol. The van der Waals surface area contributed by atoms with E-state index in [0.717, 1.165) is 22.3 Å². The summed E-state index contributed by atoms with van der Waals surface area (Å²) in [5.74, 6) is 1.13. The molecule has 1 unspecified atom stereocenters. The van der Waals surface area contributed by atoms with Crippen molar-refractivity contribution in [2.75, 3.05) is 14.2 Å². The van der Waals surface area contributed by atoms with Gasteiger partial charge in [-0.2, -0.15) is 0 Å². The van der Waals surface area contributed by atoms with Gasteiger partial charge in [0.1, 0.15) is 11.3 Å². The fourth-order valence-electron chi connectivity index (χ4n) is 2.83. The molecule has 130 valence electrons. The van der Waals surface area contributed by atoms with Crippen molar-refractivity contribution in [2.45, 2.75) is 19.5 Å². The molecule has 0 N–H and O–H groups in total. The Morgan fingerprint density at radius 3 is 2.68 bits per heavy atom. The van der Waals surface area contributed by atoms with E-state index in [2.05, 4.69) is 11.8 Å². The lowest BCUT2D eigenvalue weighted by atomic mass is 10.1. The Morgan fingerprint density at radius 1 is 1.24 bits per heavy atom. The number of methoxy groups -OCH3 is 1. The molecule has 6 nitrogen and oxygen atoms in total. The first-order chi connectivity index (χ1) is 12.0. The van der Waals surface area contributed by atoms with Crippen molar-refractivity contribution in [3.8, 4) is 5.75 Å². The lowest BCUT2D eigenvalue weighted by Crippen LogP contribution is -2.21. The summed E-state index contributed by atoms with van der Waals surface area (Å²) in [5.41, 5.74) is 1.68. The average Bonchev–Trinajstić information content (AvgIpc) is 3.04. The number of nitro benzene ring substituents is 1. The van der Waals surface area contributed by atoms with Crippen molar-refractivity contribution < 1.29 is 14.1 Å². The molecule has 0 aliphatic heterocycles. The minimum Gasteiger partial charge on any atom is -0.490 e. The second kappa shape index (κ2) is 6.94. The Balaban J connectivity index is 1.80. The molecule has 2 aromatic carbocycles. The summed E-state index contributed by atoms with van der Waals surface area (Å²) in [6.07, 6.45) is 0. The van der Waals surface area contributed by atoms with Gasteiger partial charge >= 0.3 is 5.69 Å². The zero-order valence-electron chi connectivity index (χ0n) is 14.4. The third-order valence-corrected chi connectivity index (χ3v) is 4.39. The molecule has 1 aromatic heterocycles. The largest absolute Gasteiger partial charge is 0.490 e. The first-order valence-corrected chi connectivity index (χ1v) is 7.99. The number of nitrogens with zero attached hydrogens (tertiary/aromatic N) is 2. The van der Waals surface area contributed by atoms with Gasteiger partial charge in [-0.05, 0) is 37.7 Å². The Hall–Kier alpha value is -2.86. The van der Waals surface area contributed by atoms with Crippen molar-refractivity contribution in [3.05, 3.63) is 70.0 Å². The van der Waals surface area contributed by atoms with Crippen LogP contribution in [0.2, 0.25) is 0 Å². The standard InChI is InChI=1S/C19H20N2O4/c1-13(19-11-15-6-4-5-7-17(15)25-19)20(2)12-14-8-9-18(24-3)16(10-14)21(22)23/h4-11,13H,12H2,1-3H3. The maximum absolute atomic E-state index is 11.2. The van der Waals surface area contributed by atoms with Crippen molar-refractivity contribution in [3.63, 3.8) is 0 Å². The van der Waals surface area contributed by atoms with Crippen molar-refractivity contribution in [2.24, 2.45) is 0 Å². The molecule has 25 heavy (non-hydrogen) atoms. The lowest BCUT2D eigenvalue weighted by molar-refractivity contribution is -0.385. The topological polar surface area (TPSA) is 68.8 Å². The van der Waals surface area contributed by atoms with E-state index in [0.29, 0.717) is 6.54 Å². The molecule has 0 aliphatic rings. The van der Waals surface area contributed by atoms with Crippen LogP contribution in [0.15, 0.2) is 52.9 Å². The van der Waals surface area contributed by atoms with Gasteiger partial charge in [0.15, 0.2) is 5.75 Å². The molecule has 0 fully saturated rings. The quantitative estimate of drug-likeness (QED) is 0.486. The van der Waals surface area contributed by atoms with Gasteiger partial charge < -0.3 is 9.15 Å². The smallest absolute Gasteiger partial charge is 0.311 e. The minimum atomic E-state index is -0.426. The number of hydrogen-bond donors (Lipinski definition) is 0. The highest BCUT2D eigenvalue weighted by Crippen LogP contribution is 2.30. The van der Waals surface area contributed by atoms with Gasteiger partial charge in [-0.25, -0.2) is 0 Å². The molecule has 0 aliphatic carbocycles. The molecule has 3 rings (SSSR count). The Bertz CT molecular complexity index is 870. The Morgan fingerprint density at radius 2 is 2.00 bits per heavy atom. The number of fused-ring (bicyclic) bond motifs is 1. The second-order valence-electron chi connectivity index (χ2n) is 6.04. The fraction of sp³-hybridized carbons (Fsp3) is 0.263. The van der Waals surface area contributed by atoms with Crippen LogP contribution in [0.4, 0.5) is 5.69 Å². The predicted octanol–water partition coefficient (Wildman–Crippen LogP) is 4.54. The molecule has 1 atom stereocenters. The van der Waals surface area contributed by atoms with Gasteiger partial charge in [0.05, 0.1) is 18.1 Å². The molecule has 0 radical (unpaired) electrons. The van der Waals surface area contributed by atoms with E-state index in [1.807, 2.05) is 43.4 Å². The van der Waals surface area contributed by atoms with Crippen LogP contribution in [0.1, 0.15) is 24.3 Å². The van der Waals surface area contributed by atoms with Crippen LogP contribution in [0.25, 0.3) is 11.0 Å². The van der Waals surface area contributed by atoms with Crippen LogP contribution in [0.3, 0.4) is 0 Å². The van der Waals surface area contributed by atoms with Crippen LogP contribution in [-0.2, 0) is 6.54 Å². The van der Waals surface area contributed by atoms with Crippen molar-refractivity contribution in [1.82, 2.24) is 4.90 Å². The zero-order valence-corrected chi connectivity index (χ0v) is 14.4. The van der Waals surface area contributed by atoms with Gasteiger partial charge in [-0.3, -0.25) is 15.0 Å². The van der Waals surface area contributed by atoms with Gasteiger partial charge in [0, 0.05) is 18.0 Å². The van der Waals surface area contributed by atoms with E-state index in [-0.39, 0.29) is 17.5 Å². The number of ether oxygens (including phenoxy) is 1. The monoisotopic (exact) mass is 340 g/mol. The van der Waals surface area contributed by atoms with E-state index in [9.17, 15) is 10.1 Å². The number of furan rings is 1. The van der Waals surface area contributed by atoms with Gasteiger partial charge in [0.25, 0.3) is 0 Å². The molecule has 6 heteroatoms. The van der Waals surface area contributed by atoms with Crippen molar-refractivity contribution >= 4 is 16.7 Å². The predicted molar refractivity (Wildman–Crippen MR) is 95.7 cm³/mol. The maximum Gasteiger partial charge on any atom is 0.311 e. The van der Waals surface area contributed by atoms with E-state index < -0.39 is 4.92 Å². The molecule has 0 spiro atoms. The highest BCUT2D eigenvalue weighted by molar-refractivity contribution is 5.77. The summed E-state index contributed by atoms with van der Waals surface area (Å²) < 4.78 is 11.0. The van der Waals surface area contributed by atoms with E-state index in [1.165, 1.54) is 7.11 Å². The molecule has 0 saturated carbocycles. The van der Waals surface area contributed by atoms with Crippen LogP contribution < -0.4 is 4.74 Å². The molecule has 1 heterocycles. The van der Waals surface area contributed by atoms with Crippen LogP contribution in [0.5, 0.6) is 5.75 Å². The van der Waals surface area contributed by atoms with E-state index in [1.54, 1.807) is 12.1 Å². The number of hydrogen-bond acceptors (Lipinski definition) is 5. The number of rotatable bonds is 6. The van der Waals surface area contributed by atoms with E-state index in [4.69, 9.17) is 9.15 Å². The molecule has 0 bridgehead atoms. The van der Waals surface area contributed by atoms with Gasteiger partial charge in [0.2, 0.25) is 0 Å². The van der Waals surface area contributed by atoms with Crippen LogP contribution in [-0.4, -0.2) is 24.0 Å². The summed E-state index contributed by atoms with van der Waals surface area (Å²) in [7, 11) is 3.39. The Labute approximate surface area is 145 Å². The van der Waals surface area contributed by atoms with Crippen molar-refractivity contribution in [1.29, 1.82) is 0 Å². The average molecular weight is 340 g/mol. The SMILES string of the molecule is COc1ccc(CN(C)C(C)c2cc3ccccc3o2)cc1[N+](=O)[O-]. The number of benzene rings is 2. The first kappa shape index (κ1) is 17.0. The lowest BCUT2D eigenvalue weighted by Gasteiger charge is -2.23. The Kier molecular flexibility index (Phi) is 4.72. The zero-order chi connectivity index (χ0) is 18.0. The molecule has 0 amide bonds. The molecular formula is C19H20N2O4. The third kappa shape index (κ3) is 3.49. The molecule has 0 saturated heterocycles. The summed E-state index contributed by atoms with van der Waals surface area (Å²) in [6, 6.07) is 15.0. The van der Waals surface area contributed by atoms with Gasteiger partial charge in [-0.1, -0.05) is 24.3 Å². The summed E-state index contributed by atoms with van der Waals surface area (Å²) in [4.78, 5) is 12.8. The number of nitro groups is 1. The van der Waals surface area contributed by atoms with Gasteiger partial charge in [-0.15, -0.1) is 0 Å². The fourth-order valence-corrected chi connectivity index (χ4v) is 2.83. The third-order valence-electron chi connectivity index (χ3n) is 4.39. The summed E-state index contributed by atoms with van der Waals surface area (Å²) in [6.45, 7) is 2.61.